The molecule has 2 heterocycles. The number of rotatable bonds is 3. The quantitative estimate of drug-likeness (QED) is 0.795. The zero-order valence-corrected chi connectivity index (χ0v) is 10.5. The first kappa shape index (κ1) is 11.6. The lowest BCUT2D eigenvalue weighted by molar-refractivity contribution is 0.0697. The first-order valence-electron chi connectivity index (χ1n) is 5.54. The van der Waals surface area contributed by atoms with E-state index in [1.165, 1.54) is 17.5 Å². The van der Waals surface area contributed by atoms with Crippen molar-refractivity contribution < 1.29 is 9.90 Å². The molecule has 0 radical (unpaired) electrons. The van der Waals surface area contributed by atoms with Gasteiger partial charge in [-0.1, -0.05) is 30.3 Å². The Kier molecular flexibility index (Phi) is 2.85. The van der Waals surface area contributed by atoms with E-state index in [4.69, 9.17) is 0 Å². The SMILES string of the molecule is O=C(O)c1cnn(-c2nccs2)c1-c1ccccc1. The van der Waals surface area contributed by atoms with Crippen molar-refractivity contribution in [1.82, 2.24) is 14.8 Å². The zero-order valence-electron chi connectivity index (χ0n) is 9.72. The Morgan fingerprint density at radius 3 is 2.68 bits per heavy atom. The fourth-order valence-corrected chi connectivity index (χ4v) is 2.45. The molecule has 0 unspecified atom stereocenters. The van der Waals surface area contributed by atoms with Crippen LogP contribution in [0.1, 0.15) is 10.4 Å². The molecule has 0 fully saturated rings. The highest BCUT2D eigenvalue weighted by Gasteiger charge is 2.20. The van der Waals surface area contributed by atoms with Crippen LogP contribution in [0.3, 0.4) is 0 Å². The molecule has 3 rings (SSSR count). The Morgan fingerprint density at radius 1 is 1.26 bits per heavy atom. The summed E-state index contributed by atoms with van der Waals surface area (Å²) >= 11 is 1.41. The number of carboxylic acids is 1. The van der Waals surface area contributed by atoms with Gasteiger partial charge in [-0.05, 0) is 0 Å². The number of thiazole rings is 1. The van der Waals surface area contributed by atoms with Crippen molar-refractivity contribution in [3.8, 4) is 16.4 Å². The lowest BCUT2D eigenvalue weighted by Crippen LogP contribution is -2.02. The molecule has 1 N–H and O–H groups in total. The van der Waals surface area contributed by atoms with Crippen molar-refractivity contribution in [3.05, 3.63) is 53.7 Å². The second kappa shape index (κ2) is 4.66. The summed E-state index contributed by atoms with van der Waals surface area (Å²) < 4.78 is 1.56. The van der Waals surface area contributed by atoms with Crippen LogP contribution in [0.2, 0.25) is 0 Å². The molecule has 0 bridgehead atoms. The van der Waals surface area contributed by atoms with E-state index in [9.17, 15) is 9.90 Å². The van der Waals surface area contributed by atoms with Crippen LogP contribution >= 0.6 is 11.3 Å². The molecule has 0 spiro atoms. The molecule has 0 aliphatic carbocycles. The predicted octanol–water partition coefficient (Wildman–Crippen LogP) is 2.69. The maximum atomic E-state index is 11.3. The van der Waals surface area contributed by atoms with E-state index >= 15 is 0 Å². The van der Waals surface area contributed by atoms with Gasteiger partial charge in [0.15, 0.2) is 0 Å². The van der Waals surface area contributed by atoms with Gasteiger partial charge in [0.2, 0.25) is 5.13 Å². The second-order valence-corrected chi connectivity index (χ2v) is 4.68. The molecule has 0 atom stereocenters. The average Bonchev–Trinajstić information content (AvgIpc) is 3.08. The van der Waals surface area contributed by atoms with Crippen LogP contribution in [0.25, 0.3) is 16.4 Å². The third-order valence-corrected chi connectivity index (χ3v) is 3.39. The molecule has 6 heteroatoms. The zero-order chi connectivity index (χ0) is 13.2. The van der Waals surface area contributed by atoms with Gasteiger partial charge in [0.25, 0.3) is 0 Å². The van der Waals surface area contributed by atoms with Crippen LogP contribution in [-0.4, -0.2) is 25.8 Å². The van der Waals surface area contributed by atoms with Crippen LogP contribution in [-0.2, 0) is 0 Å². The standard InChI is InChI=1S/C13H9N3O2S/c17-12(18)10-8-15-16(13-14-6-7-19-13)11(10)9-4-2-1-3-5-9/h1-8H,(H,17,18). The first-order valence-corrected chi connectivity index (χ1v) is 6.42. The van der Waals surface area contributed by atoms with Gasteiger partial charge < -0.3 is 5.11 Å². The van der Waals surface area contributed by atoms with E-state index in [0.717, 1.165) is 5.56 Å². The molecular weight excluding hydrogens is 262 g/mol. The highest BCUT2D eigenvalue weighted by Crippen LogP contribution is 2.27. The molecule has 2 aromatic heterocycles. The number of hydrogen-bond acceptors (Lipinski definition) is 4. The van der Waals surface area contributed by atoms with E-state index in [1.54, 1.807) is 10.9 Å². The van der Waals surface area contributed by atoms with Gasteiger partial charge in [0.1, 0.15) is 5.56 Å². The number of nitrogens with zero attached hydrogens (tertiary/aromatic N) is 3. The topological polar surface area (TPSA) is 68.0 Å². The van der Waals surface area contributed by atoms with Crippen LogP contribution in [0, 0.1) is 0 Å². The third kappa shape index (κ3) is 2.02. The van der Waals surface area contributed by atoms with Gasteiger partial charge in [-0.2, -0.15) is 5.10 Å². The van der Waals surface area contributed by atoms with Gasteiger partial charge >= 0.3 is 5.97 Å². The molecule has 0 saturated heterocycles. The summed E-state index contributed by atoms with van der Waals surface area (Å²) in [6.07, 6.45) is 3.02. The van der Waals surface area contributed by atoms with Crippen molar-refractivity contribution in [3.63, 3.8) is 0 Å². The maximum Gasteiger partial charge on any atom is 0.339 e. The maximum absolute atomic E-state index is 11.3. The second-order valence-electron chi connectivity index (χ2n) is 3.80. The van der Waals surface area contributed by atoms with Crippen LogP contribution in [0.5, 0.6) is 0 Å². The van der Waals surface area contributed by atoms with Crippen molar-refractivity contribution in [2.75, 3.05) is 0 Å². The Balaban J connectivity index is 2.25. The number of aromatic carboxylic acids is 1. The van der Waals surface area contributed by atoms with Crippen LogP contribution in [0.4, 0.5) is 0 Å². The van der Waals surface area contributed by atoms with E-state index < -0.39 is 5.97 Å². The van der Waals surface area contributed by atoms with Gasteiger partial charge in [0.05, 0.1) is 11.9 Å². The smallest absolute Gasteiger partial charge is 0.339 e. The fraction of sp³-hybridized carbons (Fsp3) is 0. The number of aromatic nitrogens is 3. The highest BCUT2D eigenvalue weighted by molar-refractivity contribution is 7.12. The van der Waals surface area contributed by atoms with E-state index in [2.05, 4.69) is 10.1 Å². The summed E-state index contributed by atoms with van der Waals surface area (Å²) in [5, 5.41) is 15.9. The molecule has 19 heavy (non-hydrogen) atoms. The van der Waals surface area contributed by atoms with Crippen molar-refractivity contribution in [1.29, 1.82) is 0 Å². The lowest BCUT2D eigenvalue weighted by atomic mass is 10.1. The predicted molar refractivity (Wildman–Crippen MR) is 71.6 cm³/mol. The summed E-state index contributed by atoms with van der Waals surface area (Å²) in [4.78, 5) is 15.5. The third-order valence-electron chi connectivity index (χ3n) is 2.65. The minimum atomic E-state index is -0.998. The number of carbonyl (C=O) groups is 1. The average molecular weight is 271 g/mol. The molecule has 3 aromatic rings. The molecule has 0 saturated carbocycles. The van der Waals surface area contributed by atoms with Crippen molar-refractivity contribution in [2.45, 2.75) is 0 Å². The number of carboxylic acid groups (broad SMARTS) is 1. The Labute approximate surface area is 112 Å². The van der Waals surface area contributed by atoms with E-state index in [0.29, 0.717) is 10.8 Å². The normalized spacial score (nSPS) is 10.5. The number of hydrogen-bond donors (Lipinski definition) is 1. The molecule has 1 aromatic carbocycles. The Bertz CT molecular complexity index is 705. The molecule has 5 nitrogen and oxygen atoms in total. The van der Waals surface area contributed by atoms with E-state index in [1.807, 2.05) is 35.7 Å². The van der Waals surface area contributed by atoms with Gasteiger partial charge in [-0.15, -0.1) is 11.3 Å². The first-order chi connectivity index (χ1) is 9.27. The highest BCUT2D eigenvalue weighted by atomic mass is 32.1. The molecule has 94 valence electrons. The Hall–Kier alpha value is -2.47. The fourth-order valence-electron chi connectivity index (χ4n) is 1.84. The minimum Gasteiger partial charge on any atom is -0.478 e. The summed E-state index contributed by atoms with van der Waals surface area (Å²) in [6.45, 7) is 0. The molecule has 0 aliphatic heterocycles. The molecular formula is C13H9N3O2S. The summed E-state index contributed by atoms with van der Waals surface area (Å²) in [5.41, 5.74) is 1.51. The molecule has 0 amide bonds. The monoisotopic (exact) mass is 271 g/mol. The minimum absolute atomic E-state index is 0.168. The summed E-state index contributed by atoms with van der Waals surface area (Å²) in [7, 11) is 0. The van der Waals surface area contributed by atoms with Gasteiger partial charge in [-0.3, -0.25) is 0 Å². The largest absolute Gasteiger partial charge is 0.478 e. The summed E-state index contributed by atoms with van der Waals surface area (Å²) in [6, 6.07) is 9.31. The summed E-state index contributed by atoms with van der Waals surface area (Å²) in [5.74, 6) is -0.998. The van der Waals surface area contributed by atoms with Gasteiger partial charge in [-0.25, -0.2) is 14.5 Å². The van der Waals surface area contributed by atoms with Crippen LogP contribution in [0.15, 0.2) is 48.1 Å². The molecule has 0 aliphatic rings. The van der Waals surface area contributed by atoms with E-state index in [-0.39, 0.29) is 5.56 Å². The van der Waals surface area contributed by atoms with Gasteiger partial charge in [0, 0.05) is 17.1 Å². The Morgan fingerprint density at radius 2 is 2.05 bits per heavy atom. The lowest BCUT2D eigenvalue weighted by Gasteiger charge is -2.05. The van der Waals surface area contributed by atoms with Crippen LogP contribution < -0.4 is 0 Å². The van der Waals surface area contributed by atoms with Crippen molar-refractivity contribution >= 4 is 17.3 Å². The van der Waals surface area contributed by atoms with Crippen molar-refractivity contribution in [2.24, 2.45) is 0 Å². The number of benzene rings is 1.